The van der Waals surface area contributed by atoms with E-state index in [1.165, 1.54) is 44.9 Å². The SMILES string of the molecule is CCCCC(CC)CC[C](C)CC. The lowest BCUT2D eigenvalue weighted by Crippen LogP contribution is -2.01. The summed E-state index contributed by atoms with van der Waals surface area (Å²) in [5.41, 5.74) is 0. The van der Waals surface area contributed by atoms with E-state index in [1.54, 1.807) is 5.92 Å². The summed E-state index contributed by atoms with van der Waals surface area (Å²) in [6.07, 6.45) is 9.65. The lowest BCUT2D eigenvalue weighted by Gasteiger charge is -2.16. The van der Waals surface area contributed by atoms with Crippen LogP contribution in [-0.4, -0.2) is 0 Å². The first-order valence-corrected chi connectivity index (χ1v) is 6.05. The standard InChI is InChI=1S/C13H27/c1-5-8-9-13(7-3)11-10-12(4)6-2/h13H,5-11H2,1-4H3. The maximum absolute atomic E-state index is 2.33. The first-order valence-electron chi connectivity index (χ1n) is 6.05. The molecule has 0 aromatic heterocycles. The van der Waals surface area contributed by atoms with Gasteiger partial charge in [-0.25, -0.2) is 0 Å². The molecule has 0 heteroatoms. The third-order valence-electron chi connectivity index (χ3n) is 3.13. The summed E-state index contributed by atoms with van der Waals surface area (Å²) in [5, 5.41) is 0. The molecule has 0 aliphatic rings. The van der Waals surface area contributed by atoms with Crippen molar-refractivity contribution in [2.75, 3.05) is 0 Å². The lowest BCUT2D eigenvalue weighted by atomic mass is 9.90. The Morgan fingerprint density at radius 1 is 1.08 bits per heavy atom. The summed E-state index contributed by atoms with van der Waals surface area (Å²) in [6, 6.07) is 0. The van der Waals surface area contributed by atoms with Crippen molar-refractivity contribution in [2.24, 2.45) is 5.92 Å². The van der Waals surface area contributed by atoms with Crippen molar-refractivity contribution < 1.29 is 0 Å². The van der Waals surface area contributed by atoms with E-state index in [1.807, 2.05) is 0 Å². The van der Waals surface area contributed by atoms with Gasteiger partial charge >= 0.3 is 0 Å². The number of rotatable bonds is 8. The van der Waals surface area contributed by atoms with Crippen LogP contribution >= 0.6 is 0 Å². The fourth-order valence-corrected chi connectivity index (χ4v) is 1.67. The van der Waals surface area contributed by atoms with Crippen LogP contribution in [0.15, 0.2) is 0 Å². The summed E-state index contributed by atoms with van der Waals surface area (Å²) in [4.78, 5) is 0. The smallest absolute Gasteiger partial charge is 0.0275 e. The van der Waals surface area contributed by atoms with Gasteiger partial charge in [-0.1, -0.05) is 59.8 Å². The van der Waals surface area contributed by atoms with Crippen LogP contribution in [0.25, 0.3) is 0 Å². The van der Waals surface area contributed by atoms with Gasteiger partial charge in [-0.3, -0.25) is 0 Å². The van der Waals surface area contributed by atoms with Crippen molar-refractivity contribution in [1.29, 1.82) is 0 Å². The highest BCUT2D eigenvalue weighted by molar-refractivity contribution is 4.82. The summed E-state index contributed by atoms with van der Waals surface area (Å²) < 4.78 is 0. The second-order valence-electron chi connectivity index (χ2n) is 4.27. The molecule has 0 saturated carbocycles. The van der Waals surface area contributed by atoms with E-state index in [0.29, 0.717) is 0 Å². The highest BCUT2D eigenvalue weighted by Crippen LogP contribution is 2.22. The molecule has 1 unspecified atom stereocenters. The molecule has 0 heterocycles. The monoisotopic (exact) mass is 183 g/mol. The predicted octanol–water partition coefficient (Wildman–Crippen LogP) is 4.99. The molecule has 0 fully saturated rings. The Hall–Kier alpha value is 0. The molecule has 0 saturated heterocycles. The minimum absolute atomic E-state index is 0.987. The van der Waals surface area contributed by atoms with Crippen LogP contribution in [0.5, 0.6) is 0 Å². The predicted molar refractivity (Wildman–Crippen MR) is 61.7 cm³/mol. The van der Waals surface area contributed by atoms with E-state index in [0.717, 1.165) is 5.92 Å². The minimum Gasteiger partial charge on any atom is -0.0654 e. The van der Waals surface area contributed by atoms with Crippen molar-refractivity contribution in [3.63, 3.8) is 0 Å². The molecule has 0 N–H and O–H groups in total. The molecule has 0 rings (SSSR count). The lowest BCUT2D eigenvalue weighted by molar-refractivity contribution is 0.411. The number of unbranched alkanes of at least 4 members (excludes halogenated alkanes) is 1. The molecule has 0 nitrogen and oxygen atoms in total. The molecule has 0 aliphatic heterocycles. The number of hydrogen-bond acceptors (Lipinski definition) is 0. The van der Waals surface area contributed by atoms with Gasteiger partial charge in [0.1, 0.15) is 0 Å². The summed E-state index contributed by atoms with van der Waals surface area (Å²) in [6.45, 7) is 9.19. The van der Waals surface area contributed by atoms with Gasteiger partial charge in [0.25, 0.3) is 0 Å². The van der Waals surface area contributed by atoms with E-state index >= 15 is 0 Å². The van der Waals surface area contributed by atoms with Gasteiger partial charge < -0.3 is 0 Å². The first kappa shape index (κ1) is 13.0. The fraction of sp³-hybridized carbons (Fsp3) is 0.923. The number of hydrogen-bond donors (Lipinski definition) is 0. The quantitative estimate of drug-likeness (QED) is 0.497. The topological polar surface area (TPSA) is 0 Å². The van der Waals surface area contributed by atoms with Crippen LogP contribution in [0.1, 0.15) is 72.6 Å². The van der Waals surface area contributed by atoms with Crippen LogP contribution in [0.3, 0.4) is 0 Å². The van der Waals surface area contributed by atoms with Gasteiger partial charge in [-0.2, -0.15) is 0 Å². The Morgan fingerprint density at radius 2 is 1.77 bits per heavy atom. The zero-order valence-corrected chi connectivity index (χ0v) is 10.0. The van der Waals surface area contributed by atoms with Crippen LogP contribution in [0.2, 0.25) is 0 Å². The van der Waals surface area contributed by atoms with E-state index in [2.05, 4.69) is 27.7 Å². The van der Waals surface area contributed by atoms with E-state index < -0.39 is 0 Å². The zero-order valence-electron chi connectivity index (χ0n) is 10.0. The van der Waals surface area contributed by atoms with Crippen LogP contribution in [0.4, 0.5) is 0 Å². The molecule has 0 amide bonds. The average molecular weight is 183 g/mol. The third-order valence-corrected chi connectivity index (χ3v) is 3.13. The van der Waals surface area contributed by atoms with Crippen LogP contribution in [-0.2, 0) is 0 Å². The van der Waals surface area contributed by atoms with E-state index in [-0.39, 0.29) is 0 Å². The van der Waals surface area contributed by atoms with Crippen LogP contribution in [0, 0.1) is 11.8 Å². The van der Waals surface area contributed by atoms with Crippen molar-refractivity contribution in [2.45, 2.75) is 72.6 Å². The normalized spacial score (nSPS) is 13.6. The van der Waals surface area contributed by atoms with Crippen molar-refractivity contribution in [3.05, 3.63) is 5.92 Å². The highest BCUT2D eigenvalue weighted by atomic mass is 14.1. The second-order valence-corrected chi connectivity index (χ2v) is 4.27. The maximum atomic E-state index is 2.33. The second kappa shape index (κ2) is 8.59. The largest absolute Gasteiger partial charge is 0.0654 e. The van der Waals surface area contributed by atoms with Gasteiger partial charge in [-0.15, -0.1) is 0 Å². The van der Waals surface area contributed by atoms with Gasteiger partial charge in [0.2, 0.25) is 0 Å². The van der Waals surface area contributed by atoms with Crippen molar-refractivity contribution >= 4 is 0 Å². The van der Waals surface area contributed by atoms with Crippen LogP contribution < -0.4 is 0 Å². The molecule has 79 valence electrons. The molecule has 0 spiro atoms. The molecular formula is C13H27. The zero-order chi connectivity index (χ0) is 10.1. The average Bonchev–Trinajstić information content (AvgIpc) is 2.17. The summed E-state index contributed by atoms with van der Waals surface area (Å²) >= 11 is 0. The molecular weight excluding hydrogens is 156 g/mol. The maximum Gasteiger partial charge on any atom is -0.0275 e. The molecule has 0 aliphatic carbocycles. The van der Waals surface area contributed by atoms with Gasteiger partial charge in [0.15, 0.2) is 0 Å². The third kappa shape index (κ3) is 7.10. The van der Waals surface area contributed by atoms with E-state index in [4.69, 9.17) is 0 Å². The van der Waals surface area contributed by atoms with E-state index in [9.17, 15) is 0 Å². The Kier molecular flexibility index (Phi) is 8.59. The Bertz CT molecular complexity index is 96.2. The van der Waals surface area contributed by atoms with Gasteiger partial charge in [-0.05, 0) is 24.7 Å². The fourth-order valence-electron chi connectivity index (χ4n) is 1.67. The molecule has 0 aromatic rings. The van der Waals surface area contributed by atoms with Crippen molar-refractivity contribution in [1.82, 2.24) is 0 Å². The Morgan fingerprint density at radius 3 is 2.23 bits per heavy atom. The molecule has 0 aromatic carbocycles. The molecule has 1 radical (unpaired) electrons. The van der Waals surface area contributed by atoms with Crippen molar-refractivity contribution in [3.8, 4) is 0 Å². The Balaban J connectivity index is 3.46. The molecule has 13 heavy (non-hydrogen) atoms. The first-order chi connectivity index (χ1) is 6.24. The highest BCUT2D eigenvalue weighted by Gasteiger charge is 2.07. The summed E-state index contributed by atoms with van der Waals surface area (Å²) in [7, 11) is 0. The molecule has 0 bridgehead atoms. The summed E-state index contributed by atoms with van der Waals surface area (Å²) in [5.74, 6) is 2.66. The van der Waals surface area contributed by atoms with Gasteiger partial charge in [0, 0.05) is 0 Å². The Labute approximate surface area is 85.1 Å². The van der Waals surface area contributed by atoms with Gasteiger partial charge in [0.05, 0.1) is 0 Å². The minimum atomic E-state index is 0.987. The molecule has 1 atom stereocenters.